The molecule has 0 radical (unpaired) electrons. The van der Waals surface area contributed by atoms with Gasteiger partial charge in [-0.15, -0.1) is 0 Å². The molecule has 0 saturated carbocycles. The van der Waals surface area contributed by atoms with Crippen molar-refractivity contribution in [2.45, 2.75) is 45.2 Å². The number of hydrazine groups is 1. The molecule has 0 bridgehead atoms. The van der Waals surface area contributed by atoms with Gasteiger partial charge in [0.15, 0.2) is 0 Å². The number of para-hydroxylation sites is 1. The second kappa shape index (κ2) is 9.12. The lowest BCUT2D eigenvalue weighted by Gasteiger charge is -2.30. The van der Waals surface area contributed by atoms with E-state index >= 15 is 0 Å². The maximum Gasteiger partial charge on any atom is 0.333 e. The molecule has 0 unspecified atom stereocenters. The summed E-state index contributed by atoms with van der Waals surface area (Å²) in [5.41, 5.74) is 12.4. The van der Waals surface area contributed by atoms with Gasteiger partial charge in [-0.05, 0) is 37.3 Å². The molecule has 0 aromatic heterocycles. The van der Waals surface area contributed by atoms with Gasteiger partial charge in [-0.25, -0.2) is 10.2 Å². The van der Waals surface area contributed by atoms with E-state index in [1.54, 1.807) is 0 Å². The Balaban J connectivity index is 1.85. The lowest BCUT2D eigenvalue weighted by atomic mass is 10.1. The Hall–Kier alpha value is -2.28. The van der Waals surface area contributed by atoms with E-state index in [1.807, 2.05) is 25.1 Å². The van der Waals surface area contributed by atoms with Crippen molar-refractivity contribution >= 4 is 17.6 Å². The number of carbonyl (C=O) groups excluding carboxylic acids is 2. The van der Waals surface area contributed by atoms with Gasteiger partial charge < -0.3 is 16.0 Å². The summed E-state index contributed by atoms with van der Waals surface area (Å²) in [4.78, 5) is 25.7. The number of amides is 3. The highest BCUT2D eigenvalue weighted by atomic mass is 16.2. The minimum atomic E-state index is -0.620. The molecule has 1 heterocycles. The van der Waals surface area contributed by atoms with Gasteiger partial charge in [0.25, 0.3) is 5.91 Å². The summed E-state index contributed by atoms with van der Waals surface area (Å²) in [7, 11) is 0. The predicted octanol–water partition coefficient (Wildman–Crippen LogP) is 1.24. The SMILES string of the molecule is CC[C@@H](N)C(=O)NNC(=O)NCc1ccccc1N1CCCCC1. The largest absolute Gasteiger partial charge is 0.371 e. The average molecular weight is 333 g/mol. The van der Waals surface area contributed by atoms with Crippen molar-refractivity contribution in [3.63, 3.8) is 0 Å². The molecule has 1 aliphatic rings. The minimum absolute atomic E-state index is 0.397. The highest BCUT2D eigenvalue weighted by molar-refractivity contribution is 5.84. The summed E-state index contributed by atoms with van der Waals surface area (Å²) in [6, 6.07) is 6.99. The second-order valence-corrected chi connectivity index (χ2v) is 5.99. The van der Waals surface area contributed by atoms with Crippen LogP contribution in [-0.2, 0) is 11.3 Å². The Labute approximate surface area is 142 Å². The Kier molecular flexibility index (Phi) is 6.87. The van der Waals surface area contributed by atoms with E-state index in [1.165, 1.54) is 19.3 Å². The third kappa shape index (κ3) is 5.13. The number of rotatable bonds is 5. The van der Waals surface area contributed by atoms with E-state index in [4.69, 9.17) is 5.73 Å². The molecular formula is C17H27N5O2. The zero-order valence-electron chi connectivity index (χ0n) is 14.2. The summed E-state index contributed by atoms with van der Waals surface area (Å²) in [5.74, 6) is -0.402. The summed E-state index contributed by atoms with van der Waals surface area (Å²) < 4.78 is 0. The number of nitrogens with zero attached hydrogens (tertiary/aromatic N) is 1. The number of carbonyl (C=O) groups is 2. The van der Waals surface area contributed by atoms with Crippen molar-refractivity contribution in [3.8, 4) is 0 Å². The van der Waals surface area contributed by atoms with Crippen LogP contribution < -0.4 is 26.8 Å². The number of benzene rings is 1. The van der Waals surface area contributed by atoms with Crippen LogP contribution in [0.2, 0.25) is 0 Å². The highest BCUT2D eigenvalue weighted by Crippen LogP contribution is 2.23. The van der Waals surface area contributed by atoms with Crippen LogP contribution >= 0.6 is 0 Å². The third-order valence-corrected chi connectivity index (χ3v) is 4.20. The minimum Gasteiger partial charge on any atom is -0.371 e. The van der Waals surface area contributed by atoms with E-state index in [-0.39, 0.29) is 0 Å². The lowest BCUT2D eigenvalue weighted by molar-refractivity contribution is -0.123. The van der Waals surface area contributed by atoms with Crippen LogP contribution in [0.1, 0.15) is 38.2 Å². The molecule has 2 rings (SSSR count). The summed E-state index contributed by atoms with van der Waals surface area (Å²) in [6.45, 7) is 4.30. The molecule has 24 heavy (non-hydrogen) atoms. The first-order valence-electron chi connectivity index (χ1n) is 8.54. The van der Waals surface area contributed by atoms with E-state index in [2.05, 4.69) is 27.1 Å². The molecule has 7 heteroatoms. The van der Waals surface area contributed by atoms with Gasteiger partial charge in [-0.2, -0.15) is 0 Å². The number of hydrogen-bond donors (Lipinski definition) is 4. The summed E-state index contributed by atoms with van der Waals surface area (Å²) >= 11 is 0. The third-order valence-electron chi connectivity index (χ3n) is 4.20. The quantitative estimate of drug-likeness (QED) is 0.609. The number of nitrogens with one attached hydrogen (secondary N) is 3. The van der Waals surface area contributed by atoms with Gasteiger partial charge in [0, 0.05) is 25.3 Å². The number of nitrogens with two attached hydrogens (primary N) is 1. The van der Waals surface area contributed by atoms with Crippen LogP contribution in [0.4, 0.5) is 10.5 Å². The monoisotopic (exact) mass is 333 g/mol. The average Bonchev–Trinajstić information content (AvgIpc) is 2.64. The molecular weight excluding hydrogens is 306 g/mol. The van der Waals surface area contributed by atoms with Crippen LogP contribution in [0.25, 0.3) is 0 Å². The van der Waals surface area contributed by atoms with Crippen molar-refractivity contribution in [3.05, 3.63) is 29.8 Å². The molecule has 1 atom stereocenters. The molecule has 1 fully saturated rings. The molecule has 0 spiro atoms. The fourth-order valence-corrected chi connectivity index (χ4v) is 2.72. The van der Waals surface area contributed by atoms with Crippen molar-refractivity contribution in [1.29, 1.82) is 0 Å². The molecule has 1 aromatic rings. The Morgan fingerprint density at radius 1 is 1.17 bits per heavy atom. The van der Waals surface area contributed by atoms with Gasteiger partial charge >= 0.3 is 6.03 Å². The fourth-order valence-electron chi connectivity index (χ4n) is 2.72. The number of hydrogen-bond acceptors (Lipinski definition) is 4. The molecule has 1 aliphatic heterocycles. The molecule has 132 valence electrons. The van der Waals surface area contributed by atoms with Gasteiger partial charge in [0.05, 0.1) is 6.04 Å². The van der Waals surface area contributed by atoms with Crippen LogP contribution in [-0.4, -0.2) is 31.1 Å². The molecule has 3 amide bonds. The lowest BCUT2D eigenvalue weighted by Crippen LogP contribution is -2.51. The van der Waals surface area contributed by atoms with Crippen molar-refractivity contribution in [2.24, 2.45) is 5.73 Å². The molecule has 1 saturated heterocycles. The normalized spacial score (nSPS) is 15.5. The molecule has 1 aromatic carbocycles. The van der Waals surface area contributed by atoms with Crippen LogP contribution in [0.5, 0.6) is 0 Å². The Morgan fingerprint density at radius 3 is 2.58 bits per heavy atom. The smallest absolute Gasteiger partial charge is 0.333 e. The number of urea groups is 1. The molecule has 0 aliphatic carbocycles. The Bertz CT molecular complexity index is 558. The maximum absolute atomic E-state index is 11.8. The van der Waals surface area contributed by atoms with Crippen molar-refractivity contribution in [1.82, 2.24) is 16.2 Å². The molecule has 7 nitrogen and oxygen atoms in total. The van der Waals surface area contributed by atoms with E-state index in [9.17, 15) is 9.59 Å². The maximum atomic E-state index is 11.8. The van der Waals surface area contributed by atoms with Gasteiger partial charge in [-0.1, -0.05) is 25.1 Å². The first kappa shape index (κ1) is 18.1. The van der Waals surface area contributed by atoms with Crippen molar-refractivity contribution in [2.75, 3.05) is 18.0 Å². The zero-order chi connectivity index (χ0) is 17.4. The van der Waals surface area contributed by atoms with Gasteiger partial charge in [0.1, 0.15) is 0 Å². The Morgan fingerprint density at radius 2 is 1.88 bits per heavy atom. The van der Waals surface area contributed by atoms with Gasteiger partial charge in [-0.3, -0.25) is 10.2 Å². The first-order valence-corrected chi connectivity index (χ1v) is 8.54. The van der Waals surface area contributed by atoms with E-state index in [0.29, 0.717) is 13.0 Å². The van der Waals surface area contributed by atoms with Crippen LogP contribution in [0, 0.1) is 0 Å². The van der Waals surface area contributed by atoms with E-state index in [0.717, 1.165) is 24.3 Å². The van der Waals surface area contributed by atoms with Crippen LogP contribution in [0.15, 0.2) is 24.3 Å². The van der Waals surface area contributed by atoms with Gasteiger partial charge in [0.2, 0.25) is 0 Å². The number of anilines is 1. The molecule has 5 N–H and O–H groups in total. The fraction of sp³-hybridized carbons (Fsp3) is 0.529. The standard InChI is InChI=1S/C17H27N5O2/c1-2-14(18)16(23)20-21-17(24)19-12-13-8-4-5-9-15(13)22-10-6-3-7-11-22/h4-5,8-9,14H,2-3,6-7,10-12,18H2,1H3,(H,20,23)(H2,19,21,24)/t14-/m1/s1. The first-order chi connectivity index (χ1) is 11.6. The van der Waals surface area contributed by atoms with Crippen molar-refractivity contribution < 1.29 is 9.59 Å². The zero-order valence-corrected chi connectivity index (χ0v) is 14.2. The summed E-state index contributed by atoms with van der Waals surface area (Å²) in [5, 5.41) is 2.76. The number of piperidine rings is 1. The highest BCUT2D eigenvalue weighted by Gasteiger charge is 2.15. The summed E-state index contributed by atoms with van der Waals surface area (Å²) in [6.07, 6.45) is 4.19. The second-order valence-electron chi connectivity index (χ2n) is 5.99. The predicted molar refractivity (Wildman–Crippen MR) is 94.3 cm³/mol. The topological polar surface area (TPSA) is 99.5 Å². The van der Waals surface area contributed by atoms with E-state index < -0.39 is 18.0 Å². The van der Waals surface area contributed by atoms with Crippen LogP contribution in [0.3, 0.4) is 0 Å².